The number of rotatable bonds is 27. The molecule has 0 saturated carbocycles. The Bertz CT molecular complexity index is 2790. The molecule has 0 heterocycles. The van der Waals surface area contributed by atoms with Crippen LogP contribution in [0.1, 0.15) is 149 Å². The summed E-state index contributed by atoms with van der Waals surface area (Å²) in [6.07, 6.45) is 6.49. The summed E-state index contributed by atoms with van der Waals surface area (Å²) in [4.78, 5) is 58.4. The van der Waals surface area contributed by atoms with Gasteiger partial charge in [-0.2, -0.15) is 50.5 Å². The highest BCUT2D eigenvalue weighted by Crippen LogP contribution is 2.23. The number of esters is 4. The molecule has 0 bridgehead atoms. The zero-order chi connectivity index (χ0) is 72.9. The third kappa shape index (κ3) is 51.3. The lowest BCUT2D eigenvalue weighted by atomic mass is 9.97. The van der Waals surface area contributed by atoms with E-state index in [-0.39, 0.29) is 77.8 Å². The predicted octanol–water partition coefficient (Wildman–Crippen LogP) is 16.4. The number of hydrogen-bond donors (Lipinski definition) is 7. The number of nitrogens with two attached hydrogens (primary N) is 2. The molecule has 536 valence electrons. The molecule has 0 fully saturated rings. The van der Waals surface area contributed by atoms with Gasteiger partial charge in [0.25, 0.3) is 0 Å². The molecule has 12 nitrogen and oxygen atoms in total. The SMILES string of the molecule is CC(=O)SC[C@H](CC(=O)OC(C)(C)C)Cc1ccccc1.CC(C)(C)OC(=O)C[C@@H](CO)Cc1ccccc1.CC(C)(C)OC(=O)C[C@@H](CS)Cc1ccccc1.CC(C)(C)OC(=O)C[C@@H](CS)Cc1ccccc1.N[C@@H](CS)Cc1ccccc1.N[C@@H](CS)Cc1ccccc1. The summed E-state index contributed by atoms with van der Waals surface area (Å²) in [5.41, 5.74) is 17.0. The minimum atomic E-state index is -0.470. The van der Waals surface area contributed by atoms with Gasteiger partial charge < -0.3 is 35.5 Å². The normalized spacial score (nSPS) is 13.0. The first kappa shape index (κ1) is 89.5. The van der Waals surface area contributed by atoms with Crippen molar-refractivity contribution < 1.29 is 48.0 Å². The van der Waals surface area contributed by atoms with Gasteiger partial charge in [-0.3, -0.25) is 24.0 Å². The summed E-state index contributed by atoms with van der Waals surface area (Å²) in [6.45, 7) is 24.0. The van der Waals surface area contributed by atoms with Crippen molar-refractivity contribution in [1.29, 1.82) is 0 Å². The fourth-order valence-electron chi connectivity index (χ4n) is 9.26. The Kier molecular flexibility index (Phi) is 46.1. The van der Waals surface area contributed by atoms with Crippen LogP contribution in [0.25, 0.3) is 0 Å². The molecule has 6 aromatic rings. The van der Waals surface area contributed by atoms with Crippen LogP contribution in [0.3, 0.4) is 0 Å². The Morgan fingerprint density at radius 1 is 0.351 bits per heavy atom. The van der Waals surface area contributed by atoms with Gasteiger partial charge in [-0.05, 0) is 190 Å². The number of carbonyl (C=O) groups excluding carboxylic acids is 5. The highest BCUT2D eigenvalue weighted by Gasteiger charge is 2.24. The molecule has 0 aliphatic carbocycles. The van der Waals surface area contributed by atoms with E-state index in [1.165, 1.54) is 39.6 Å². The van der Waals surface area contributed by atoms with Gasteiger partial charge in [0.1, 0.15) is 22.4 Å². The summed E-state index contributed by atoms with van der Waals surface area (Å²) in [7, 11) is 0. The van der Waals surface area contributed by atoms with Gasteiger partial charge in [0.2, 0.25) is 0 Å². The van der Waals surface area contributed by atoms with E-state index < -0.39 is 22.4 Å². The Labute approximate surface area is 609 Å². The van der Waals surface area contributed by atoms with Crippen LogP contribution < -0.4 is 11.5 Å². The van der Waals surface area contributed by atoms with Crippen molar-refractivity contribution in [3.8, 4) is 0 Å². The lowest BCUT2D eigenvalue weighted by molar-refractivity contribution is -0.157. The lowest BCUT2D eigenvalue weighted by Crippen LogP contribution is -2.26. The highest BCUT2D eigenvalue weighted by atomic mass is 32.2. The van der Waals surface area contributed by atoms with Gasteiger partial charge >= 0.3 is 23.9 Å². The smallest absolute Gasteiger partial charge is 0.306 e. The van der Waals surface area contributed by atoms with Crippen LogP contribution in [-0.2, 0) is 81.4 Å². The number of aliphatic hydroxyl groups excluding tert-OH is 1. The molecule has 17 heteroatoms. The summed E-state index contributed by atoms with van der Waals surface area (Å²) in [5.74, 6) is 3.25. The molecule has 0 aliphatic heterocycles. The van der Waals surface area contributed by atoms with Crippen LogP contribution in [0.4, 0.5) is 0 Å². The van der Waals surface area contributed by atoms with Gasteiger partial charge in [0.15, 0.2) is 5.12 Å². The molecule has 0 radical (unpaired) electrons. The first-order chi connectivity index (χ1) is 45.6. The molecule has 6 rings (SSSR count). The molecule has 6 atom stereocenters. The average Bonchev–Trinajstić information content (AvgIpc) is 1.54. The van der Waals surface area contributed by atoms with E-state index >= 15 is 0 Å². The molecule has 97 heavy (non-hydrogen) atoms. The fourth-order valence-corrected chi connectivity index (χ4v) is 10.7. The van der Waals surface area contributed by atoms with Crippen molar-refractivity contribution in [3.63, 3.8) is 0 Å². The first-order valence-electron chi connectivity index (χ1n) is 33.4. The van der Waals surface area contributed by atoms with E-state index in [2.05, 4.69) is 99.0 Å². The third-order valence-corrected chi connectivity index (χ3v) is 16.4. The van der Waals surface area contributed by atoms with Gasteiger partial charge in [-0.25, -0.2) is 0 Å². The Balaban J connectivity index is 0.000000590. The largest absolute Gasteiger partial charge is 0.460 e. The standard InChI is InChI=1S/C17H24O3S.C15H22O3.2C15H22O2S.2C9H13NS/c1-13(18)21-12-15(10-14-8-6-5-7-9-14)11-16(19)20-17(2,3)4;1-15(2,3)18-14(17)10-13(11-16)9-12-7-5-4-6-8-12;2*1-15(2,3)17-14(16)10-13(11-18)9-12-7-5-4-6-8-12;2*10-9(7-11)6-8-4-2-1-3-5-8/h5-9,15H,10-12H2,1-4H3;4-8,13,16H,9-11H2,1-3H3;2*4-8,13,18H,9-11H2,1-3H3;2*1-5,9,11H,6-7,10H2/t15-;3*13-;2*9-/m000011/s1. The second-order valence-electron chi connectivity index (χ2n) is 28.0. The number of thiol groups is 4. The van der Waals surface area contributed by atoms with Crippen LogP contribution in [0.15, 0.2) is 182 Å². The van der Waals surface area contributed by atoms with Gasteiger partial charge in [0, 0.05) is 62.1 Å². The van der Waals surface area contributed by atoms with Crippen molar-refractivity contribution in [2.24, 2.45) is 35.1 Å². The zero-order valence-electron chi connectivity index (χ0n) is 60.1. The van der Waals surface area contributed by atoms with Crippen molar-refractivity contribution in [1.82, 2.24) is 0 Å². The maximum atomic E-state index is 12.0. The molecule has 0 aromatic heterocycles. The van der Waals surface area contributed by atoms with E-state index in [1.54, 1.807) is 6.92 Å². The van der Waals surface area contributed by atoms with Crippen LogP contribution in [0, 0.1) is 23.7 Å². The van der Waals surface area contributed by atoms with Crippen LogP contribution in [-0.4, -0.2) is 104 Å². The number of thioether (sulfide) groups is 1. The summed E-state index contributed by atoms with van der Waals surface area (Å²) < 4.78 is 21.3. The minimum Gasteiger partial charge on any atom is -0.460 e. The van der Waals surface area contributed by atoms with Crippen LogP contribution in [0.2, 0.25) is 0 Å². The van der Waals surface area contributed by atoms with E-state index in [0.29, 0.717) is 42.9 Å². The molecule has 0 amide bonds. The Hall–Kier alpha value is -5.50. The third-order valence-electron chi connectivity index (χ3n) is 13.4. The molecule has 0 spiro atoms. The topological polar surface area (TPSA) is 195 Å². The molecule has 5 N–H and O–H groups in total. The number of hydrogen-bond acceptors (Lipinski definition) is 17. The fraction of sp³-hybridized carbons (Fsp3) is 0.487. The summed E-state index contributed by atoms with van der Waals surface area (Å²) in [6, 6.07) is 61.1. The van der Waals surface area contributed by atoms with Crippen molar-refractivity contribution in [2.45, 2.75) is 189 Å². The highest BCUT2D eigenvalue weighted by molar-refractivity contribution is 8.13. The van der Waals surface area contributed by atoms with Crippen molar-refractivity contribution in [2.75, 3.05) is 35.4 Å². The summed E-state index contributed by atoms with van der Waals surface area (Å²) >= 11 is 18.2. The monoisotopic (exact) mass is 1420 g/mol. The molecule has 0 aliphatic rings. The molecular formula is C80H116N2O10S5. The van der Waals surface area contributed by atoms with Gasteiger partial charge in [-0.1, -0.05) is 194 Å². The minimum absolute atomic E-state index is 0.00582. The van der Waals surface area contributed by atoms with E-state index in [0.717, 1.165) is 49.2 Å². The Morgan fingerprint density at radius 3 is 0.763 bits per heavy atom. The number of ether oxygens (including phenoxy) is 4. The maximum Gasteiger partial charge on any atom is 0.306 e. The van der Waals surface area contributed by atoms with Crippen LogP contribution in [0.5, 0.6) is 0 Å². The molecular weight excluding hydrogens is 1310 g/mol. The van der Waals surface area contributed by atoms with Crippen molar-refractivity contribution >= 4 is 91.3 Å². The van der Waals surface area contributed by atoms with Gasteiger partial charge in [-0.15, -0.1) is 0 Å². The van der Waals surface area contributed by atoms with E-state index in [4.69, 9.17) is 30.4 Å². The Morgan fingerprint density at radius 2 is 0.557 bits per heavy atom. The van der Waals surface area contributed by atoms with E-state index in [1.807, 2.05) is 217 Å². The predicted molar refractivity (Wildman–Crippen MR) is 418 cm³/mol. The first-order valence-corrected chi connectivity index (χ1v) is 36.9. The van der Waals surface area contributed by atoms with Crippen molar-refractivity contribution in [3.05, 3.63) is 215 Å². The lowest BCUT2D eigenvalue weighted by Gasteiger charge is -2.22. The maximum absolute atomic E-state index is 12.0. The second-order valence-corrected chi connectivity index (χ2v) is 30.7. The molecule has 0 unspecified atom stereocenters. The van der Waals surface area contributed by atoms with Gasteiger partial charge in [0.05, 0.1) is 6.42 Å². The molecule has 0 saturated heterocycles. The number of benzene rings is 6. The van der Waals surface area contributed by atoms with E-state index in [9.17, 15) is 29.1 Å². The number of carbonyl (C=O) groups is 5. The quantitative estimate of drug-likeness (QED) is 0.0146. The van der Waals surface area contributed by atoms with Crippen LogP contribution >= 0.6 is 62.3 Å². The average molecular weight is 1430 g/mol. The summed E-state index contributed by atoms with van der Waals surface area (Å²) in [5, 5.41) is 9.41. The second kappa shape index (κ2) is 49.9. The zero-order valence-corrected chi connectivity index (χ0v) is 64.5. The molecule has 6 aromatic carbocycles. The number of aliphatic hydroxyl groups is 1.